The van der Waals surface area contributed by atoms with Gasteiger partial charge in [-0.25, -0.2) is 0 Å². The van der Waals surface area contributed by atoms with E-state index in [0.29, 0.717) is 12.2 Å². The van der Waals surface area contributed by atoms with Gasteiger partial charge in [-0.05, 0) is 37.8 Å². The second kappa shape index (κ2) is 7.64. The topological polar surface area (TPSA) is 75.7 Å². The van der Waals surface area contributed by atoms with E-state index in [-0.39, 0.29) is 18.4 Å². The molecule has 0 aromatic heterocycles. The van der Waals surface area contributed by atoms with Crippen LogP contribution in [0.4, 0.5) is 0 Å². The monoisotopic (exact) mass is 390 g/mol. The van der Waals surface area contributed by atoms with E-state index in [4.69, 9.17) is 4.74 Å². The molecule has 2 amide bonds. The Morgan fingerprint density at radius 3 is 2.70 bits per heavy atom. The maximum absolute atomic E-state index is 13.0. The Kier molecular flexibility index (Phi) is 5.63. The van der Waals surface area contributed by atoms with Gasteiger partial charge in [-0.2, -0.15) is 11.8 Å². The van der Waals surface area contributed by atoms with E-state index in [1.54, 1.807) is 18.7 Å². The van der Waals surface area contributed by atoms with E-state index in [1.807, 2.05) is 37.4 Å². The number of hydrogen-bond donors (Lipinski definition) is 1. The molecule has 146 valence electrons. The second-order valence-corrected chi connectivity index (χ2v) is 8.20. The fourth-order valence-electron chi connectivity index (χ4n) is 4.34. The number of nitrogens with one attached hydrogen (secondary N) is 1. The minimum atomic E-state index is -1.18. The van der Waals surface area contributed by atoms with E-state index in [0.717, 1.165) is 11.1 Å². The zero-order valence-corrected chi connectivity index (χ0v) is 17.0. The molecule has 0 unspecified atom stereocenters. The Bertz CT molecular complexity index is 768. The van der Waals surface area contributed by atoms with Crippen molar-refractivity contribution in [1.82, 2.24) is 10.2 Å². The maximum Gasteiger partial charge on any atom is 0.327 e. The number of carbonyl (C=O) groups is 3. The van der Waals surface area contributed by atoms with Gasteiger partial charge in [0.2, 0.25) is 11.8 Å². The largest absolute Gasteiger partial charge is 0.465 e. The zero-order chi connectivity index (χ0) is 19.8. The summed E-state index contributed by atoms with van der Waals surface area (Å²) < 4.78 is 5.37. The number of benzene rings is 1. The van der Waals surface area contributed by atoms with Crippen molar-refractivity contribution in [2.45, 2.75) is 31.8 Å². The number of nitrogens with zero attached hydrogens (tertiary/aromatic N) is 1. The van der Waals surface area contributed by atoms with Crippen LogP contribution in [0.1, 0.15) is 30.5 Å². The van der Waals surface area contributed by atoms with Crippen molar-refractivity contribution >= 4 is 29.5 Å². The fraction of sp³-hybridized carbons (Fsp3) is 0.550. The lowest BCUT2D eigenvalue weighted by Crippen LogP contribution is -2.56. The first kappa shape index (κ1) is 19.9. The number of esters is 1. The number of amides is 2. The van der Waals surface area contributed by atoms with Crippen LogP contribution >= 0.6 is 11.8 Å². The predicted octanol–water partition coefficient (Wildman–Crippen LogP) is 1.93. The number of aryl methyl sites for hydroxylation is 1. The highest BCUT2D eigenvalue weighted by atomic mass is 32.2. The highest BCUT2D eigenvalue weighted by Gasteiger charge is 2.67. The molecule has 2 fully saturated rings. The van der Waals surface area contributed by atoms with Gasteiger partial charge in [0, 0.05) is 13.1 Å². The molecule has 0 aliphatic carbocycles. The Morgan fingerprint density at radius 2 is 2.07 bits per heavy atom. The lowest BCUT2D eigenvalue weighted by atomic mass is 9.77. The zero-order valence-electron chi connectivity index (χ0n) is 16.2. The van der Waals surface area contributed by atoms with Crippen LogP contribution in [-0.4, -0.2) is 53.9 Å². The van der Waals surface area contributed by atoms with Crippen LogP contribution in [0, 0.1) is 18.8 Å². The number of rotatable bonds is 6. The van der Waals surface area contributed by atoms with Gasteiger partial charge >= 0.3 is 5.97 Å². The molecule has 2 aliphatic heterocycles. The predicted molar refractivity (Wildman–Crippen MR) is 104 cm³/mol. The molecular formula is C20H26N2O4S. The van der Waals surface area contributed by atoms with E-state index >= 15 is 0 Å². The van der Waals surface area contributed by atoms with Crippen LogP contribution in [0.2, 0.25) is 0 Å². The number of thioether (sulfide) groups is 1. The van der Waals surface area contributed by atoms with Crippen LogP contribution in [0.25, 0.3) is 0 Å². The molecule has 0 radical (unpaired) electrons. The molecule has 7 heteroatoms. The van der Waals surface area contributed by atoms with Gasteiger partial charge in [-0.15, -0.1) is 0 Å². The number of likely N-dealkylation sites (tertiary alicyclic amines) is 1. The lowest BCUT2D eigenvalue weighted by molar-refractivity contribution is -0.156. The maximum atomic E-state index is 13.0. The van der Waals surface area contributed by atoms with E-state index < -0.39 is 29.4 Å². The Labute approximate surface area is 164 Å². The molecule has 1 aromatic rings. The molecule has 2 aliphatic rings. The highest BCUT2D eigenvalue weighted by Crippen LogP contribution is 2.50. The van der Waals surface area contributed by atoms with Crippen molar-refractivity contribution in [3.63, 3.8) is 0 Å². The molecule has 0 saturated carbocycles. The van der Waals surface area contributed by atoms with Gasteiger partial charge in [0.15, 0.2) is 0 Å². The van der Waals surface area contributed by atoms with Gasteiger partial charge in [0.1, 0.15) is 5.54 Å². The molecule has 2 heterocycles. The smallest absolute Gasteiger partial charge is 0.327 e. The molecule has 6 nitrogen and oxygen atoms in total. The van der Waals surface area contributed by atoms with Crippen molar-refractivity contribution in [1.29, 1.82) is 0 Å². The summed E-state index contributed by atoms with van der Waals surface area (Å²) in [6.07, 6.45) is 2.39. The van der Waals surface area contributed by atoms with Crippen molar-refractivity contribution in [3.05, 3.63) is 35.4 Å². The van der Waals surface area contributed by atoms with Crippen LogP contribution < -0.4 is 5.32 Å². The van der Waals surface area contributed by atoms with Gasteiger partial charge in [-0.1, -0.05) is 29.8 Å². The summed E-state index contributed by atoms with van der Waals surface area (Å²) in [6, 6.07) is 7.45. The van der Waals surface area contributed by atoms with Gasteiger partial charge in [0.25, 0.3) is 0 Å². The molecule has 0 bridgehead atoms. The standard InChI is InChI=1S/C20H26N2O4S/c1-5-26-19(25)20(9-10-27-4)15-14(17(23)22(3)18(15)24)16(21-20)13-8-6-7-12(2)11-13/h6-8,11,14-16,21H,5,9-10H2,1-4H3/t14-,15-,16+,20+/m0/s1. The molecule has 27 heavy (non-hydrogen) atoms. The van der Waals surface area contributed by atoms with E-state index in [1.165, 1.54) is 11.9 Å². The van der Waals surface area contributed by atoms with Crippen molar-refractivity contribution < 1.29 is 19.1 Å². The van der Waals surface area contributed by atoms with E-state index in [2.05, 4.69) is 5.32 Å². The average Bonchev–Trinajstić information content (AvgIpc) is 3.11. The van der Waals surface area contributed by atoms with Crippen LogP contribution in [0.15, 0.2) is 24.3 Å². The van der Waals surface area contributed by atoms with Crippen molar-refractivity contribution in [2.75, 3.05) is 25.7 Å². The van der Waals surface area contributed by atoms with Crippen LogP contribution in [-0.2, 0) is 19.1 Å². The van der Waals surface area contributed by atoms with Crippen molar-refractivity contribution in [2.24, 2.45) is 11.8 Å². The number of ether oxygens (including phenoxy) is 1. The van der Waals surface area contributed by atoms with Gasteiger partial charge in [0.05, 0.1) is 18.4 Å². The first-order valence-electron chi connectivity index (χ1n) is 9.19. The summed E-state index contributed by atoms with van der Waals surface area (Å²) >= 11 is 1.60. The number of imide groups is 1. The Balaban J connectivity index is 2.12. The second-order valence-electron chi connectivity index (χ2n) is 7.21. The lowest BCUT2D eigenvalue weighted by Gasteiger charge is -2.32. The van der Waals surface area contributed by atoms with Crippen LogP contribution in [0.3, 0.4) is 0 Å². The van der Waals surface area contributed by atoms with Gasteiger partial charge < -0.3 is 4.74 Å². The SMILES string of the molecule is CCOC(=O)[C@]1(CCSC)N[C@H](c2cccc(C)c2)[C@H]2C(=O)N(C)C(=O)[C@H]21. The van der Waals surface area contributed by atoms with Crippen molar-refractivity contribution in [3.8, 4) is 0 Å². The summed E-state index contributed by atoms with van der Waals surface area (Å²) in [5.74, 6) is -1.65. The molecule has 1 N–H and O–H groups in total. The number of carbonyl (C=O) groups excluding carboxylic acids is 3. The first-order valence-corrected chi connectivity index (χ1v) is 10.6. The average molecular weight is 391 g/mol. The molecule has 0 spiro atoms. The molecule has 2 saturated heterocycles. The van der Waals surface area contributed by atoms with Crippen LogP contribution in [0.5, 0.6) is 0 Å². The summed E-state index contributed by atoms with van der Waals surface area (Å²) in [5.41, 5.74) is 0.792. The first-order chi connectivity index (χ1) is 12.9. The third-order valence-corrected chi connectivity index (χ3v) is 6.23. The quantitative estimate of drug-likeness (QED) is 0.591. The number of fused-ring (bicyclic) bond motifs is 1. The minimum absolute atomic E-state index is 0.228. The molecule has 1 aromatic carbocycles. The summed E-state index contributed by atoms with van der Waals surface area (Å²) in [5, 5.41) is 3.39. The Hall–Kier alpha value is -1.86. The fourth-order valence-corrected chi connectivity index (χ4v) is 4.87. The minimum Gasteiger partial charge on any atom is -0.465 e. The normalized spacial score (nSPS) is 29.9. The van der Waals surface area contributed by atoms with Gasteiger partial charge in [-0.3, -0.25) is 24.6 Å². The summed E-state index contributed by atoms with van der Waals surface area (Å²) in [4.78, 5) is 40.1. The third kappa shape index (κ3) is 3.17. The molecule has 4 atom stereocenters. The van der Waals surface area contributed by atoms with E-state index in [9.17, 15) is 14.4 Å². The number of hydrogen-bond acceptors (Lipinski definition) is 6. The summed E-state index contributed by atoms with van der Waals surface area (Å²) in [7, 11) is 1.50. The third-order valence-electron chi connectivity index (χ3n) is 5.62. The Morgan fingerprint density at radius 1 is 1.33 bits per heavy atom. The summed E-state index contributed by atoms with van der Waals surface area (Å²) in [6.45, 7) is 3.96. The molecular weight excluding hydrogens is 364 g/mol. The highest BCUT2D eigenvalue weighted by molar-refractivity contribution is 7.98. The molecule has 3 rings (SSSR count).